The van der Waals surface area contributed by atoms with Crippen LogP contribution in [0.5, 0.6) is 0 Å². The molecule has 8 heteroatoms. The number of likely N-dealkylation sites (N-methyl/N-ethyl adjacent to an activating group) is 1. The van der Waals surface area contributed by atoms with Crippen molar-refractivity contribution >= 4 is 29.1 Å². The zero-order valence-electron chi connectivity index (χ0n) is 16.2. The lowest BCUT2D eigenvalue weighted by Gasteiger charge is -2.25. The van der Waals surface area contributed by atoms with Crippen LogP contribution in [0.15, 0.2) is 48.5 Å². The number of amides is 2. The maximum absolute atomic E-state index is 13.3. The average Bonchev–Trinajstić information content (AvgIpc) is 3.42. The van der Waals surface area contributed by atoms with E-state index in [0.29, 0.717) is 30.1 Å². The molecule has 30 heavy (non-hydrogen) atoms. The van der Waals surface area contributed by atoms with Gasteiger partial charge in [0.25, 0.3) is 0 Å². The van der Waals surface area contributed by atoms with Gasteiger partial charge in [0.05, 0.1) is 16.3 Å². The Morgan fingerprint density at radius 1 is 1.13 bits per heavy atom. The van der Waals surface area contributed by atoms with Crippen LogP contribution in [0.25, 0.3) is 0 Å². The SMILES string of the molecule is CN(C(=O)[C@@H]1C[C@@H]1c1ccccc1C(F)(F)F)[C@@H]1CCN(c2ccccc2Cl)C1=O. The molecule has 2 aromatic rings. The molecule has 0 aromatic heterocycles. The summed E-state index contributed by atoms with van der Waals surface area (Å²) in [6, 6.07) is 11.7. The monoisotopic (exact) mass is 436 g/mol. The molecule has 4 nitrogen and oxygen atoms in total. The van der Waals surface area contributed by atoms with E-state index in [9.17, 15) is 22.8 Å². The molecule has 3 atom stereocenters. The summed E-state index contributed by atoms with van der Waals surface area (Å²) in [5.41, 5.74) is 0.0397. The van der Waals surface area contributed by atoms with E-state index in [2.05, 4.69) is 0 Å². The molecule has 2 aliphatic rings. The van der Waals surface area contributed by atoms with E-state index in [4.69, 9.17) is 11.6 Å². The highest BCUT2D eigenvalue weighted by molar-refractivity contribution is 6.34. The number of hydrogen-bond donors (Lipinski definition) is 0. The molecular formula is C22H20ClF3N2O2. The van der Waals surface area contributed by atoms with Crippen LogP contribution in [0.4, 0.5) is 18.9 Å². The number of nitrogens with zero attached hydrogens (tertiary/aromatic N) is 2. The fourth-order valence-electron chi connectivity index (χ4n) is 4.24. The number of halogens is 4. The molecule has 1 aliphatic heterocycles. The number of benzene rings is 2. The van der Waals surface area contributed by atoms with Gasteiger partial charge < -0.3 is 9.80 Å². The smallest absolute Gasteiger partial charge is 0.333 e. The van der Waals surface area contributed by atoms with Crippen LogP contribution < -0.4 is 4.90 Å². The standard InChI is InChI=1S/C22H20ClF3N2O2/c1-27(19-10-11-28(21(19)30)18-9-5-4-8-17(18)23)20(29)15-12-14(15)13-6-2-3-7-16(13)22(24,25)26/h2-9,14-15,19H,10-12H2,1H3/t14-,15-,19-/m1/s1. The lowest BCUT2D eigenvalue weighted by molar-refractivity contribution is -0.139. The maximum atomic E-state index is 13.3. The average molecular weight is 437 g/mol. The summed E-state index contributed by atoms with van der Waals surface area (Å²) >= 11 is 6.19. The summed E-state index contributed by atoms with van der Waals surface area (Å²) in [5.74, 6) is -1.54. The van der Waals surface area contributed by atoms with Crippen LogP contribution >= 0.6 is 11.6 Å². The van der Waals surface area contributed by atoms with E-state index in [0.717, 1.165) is 6.07 Å². The second kappa shape index (κ2) is 7.61. The third-order valence-electron chi connectivity index (χ3n) is 5.91. The van der Waals surface area contributed by atoms with Gasteiger partial charge in [0.15, 0.2) is 0 Å². The number of carbonyl (C=O) groups excluding carboxylic acids is 2. The first kappa shape index (κ1) is 20.7. The third-order valence-corrected chi connectivity index (χ3v) is 6.23. The molecule has 158 valence electrons. The van der Waals surface area contributed by atoms with Gasteiger partial charge in [0.2, 0.25) is 11.8 Å². The molecule has 0 N–H and O–H groups in total. The minimum absolute atomic E-state index is 0.146. The van der Waals surface area contributed by atoms with Gasteiger partial charge in [-0.15, -0.1) is 0 Å². The van der Waals surface area contributed by atoms with Crippen LogP contribution in [-0.4, -0.2) is 36.3 Å². The Hall–Kier alpha value is -2.54. The van der Waals surface area contributed by atoms with Crippen LogP contribution in [-0.2, 0) is 15.8 Å². The van der Waals surface area contributed by atoms with E-state index in [1.165, 1.54) is 17.0 Å². The van der Waals surface area contributed by atoms with Crippen molar-refractivity contribution in [3.8, 4) is 0 Å². The molecule has 0 unspecified atom stereocenters. The van der Waals surface area contributed by atoms with Gasteiger partial charge in [-0.05, 0) is 42.5 Å². The van der Waals surface area contributed by atoms with Crippen molar-refractivity contribution < 1.29 is 22.8 Å². The Balaban J connectivity index is 1.47. The van der Waals surface area contributed by atoms with Crippen LogP contribution in [0.2, 0.25) is 5.02 Å². The molecule has 2 amide bonds. The quantitative estimate of drug-likeness (QED) is 0.695. The van der Waals surface area contributed by atoms with Crippen molar-refractivity contribution in [2.24, 2.45) is 5.92 Å². The molecule has 1 aliphatic carbocycles. The number of carbonyl (C=O) groups is 2. The first-order chi connectivity index (χ1) is 14.2. The lowest BCUT2D eigenvalue weighted by Crippen LogP contribution is -2.43. The van der Waals surface area contributed by atoms with Crippen molar-refractivity contribution in [2.75, 3.05) is 18.5 Å². The van der Waals surface area contributed by atoms with Crippen molar-refractivity contribution in [1.29, 1.82) is 0 Å². The van der Waals surface area contributed by atoms with Crippen molar-refractivity contribution in [1.82, 2.24) is 4.90 Å². The highest BCUT2D eigenvalue weighted by Gasteiger charge is 2.50. The molecule has 2 aromatic carbocycles. The van der Waals surface area contributed by atoms with E-state index in [1.54, 1.807) is 42.3 Å². The molecule has 1 saturated heterocycles. The minimum atomic E-state index is -4.46. The fraction of sp³-hybridized carbons (Fsp3) is 0.364. The summed E-state index contributed by atoms with van der Waals surface area (Å²) in [4.78, 5) is 28.8. The third kappa shape index (κ3) is 3.67. The van der Waals surface area contributed by atoms with Crippen LogP contribution in [0.3, 0.4) is 0 Å². The first-order valence-corrected chi connectivity index (χ1v) is 10.1. The number of hydrogen-bond acceptors (Lipinski definition) is 2. The van der Waals surface area contributed by atoms with Gasteiger partial charge in [-0.1, -0.05) is 41.9 Å². The molecule has 0 radical (unpaired) electrons. The predicted octanol–water partition coefficient (Wildman–Crippen LogP) is 4.73. The second-order valence-corrected chi connectivity index (χ2v) is 8.14. The summed E-state index contributed by atoms with van der Waals surface area (Å²) in [5, 5.41) is 0.450. The fourth-order valence-corrected chi connectivity index (χ4v) is 4.48. The molecule has 4 rings (SSSR count). The summed E-state index contributed by atoms with van der Waals surface area (Å²) in [6.45, 7) is 0.426. The van der Waals surface area contributed by atoms with Crippen molar-refractivity contribution in [3.63, 3.8) is 0 Å². The normalized spacial score (nSPS) is 23.6. The number of alkyl halides is 3. The Kier molecular flexibility index (Phi) is 5.26. The van der Waals surface area contributed by atoms with Crippen molar-refractivity contribution in [2.45, 2.75) is 31.0 Å². The molecule has 0 spiro atoms. The number of rotatable bonds is 4. The summed E-state index contributed by atoms with van der Waals surface area (Å²) < 4.78 is 39.9. The molecular weight excluding hydrogens is 417 g/mol. The van der Waals surface area contributed by atoms with Gasteiger partial charge in [0.1, 0.15) is 6.04 Å². The Morgan fingerprint density at radius 2 is 1.80 bits per heavy atom. The Morgan fingerprint density at radius 3 is 2.50 bits per heavy atom. The minimum Gasteiger partial charge on any atom is -0.333 e. The van der Waals surface area contributed by atoms with E-state index in [1.807, 2.05) is 0 Å². The van der Waals surface area contributed by atoms with E-state index in [-0.39, 0.29) is 17.4 Å². The maximum Gasteiger partial charge on any atom is 0.416 e. The van der Waals surface area contributed by atoms with E-state index >= 15 is 0 Å². The van der Waals surface area contributed by atoms with Crippen molar-refractivity contribution in [3.05, 3.63) is 64.7 Å². The highest BCUT2D eigenvalue weighted by Crippen LogP contribution is 2.52. The van der Waals surface area contributed by atoms with Gasteiger partial charge in [-0.2, -0.15) is 13.2 Å². The Bertz CT molecular complexity index is 994. The van der Waals surface area contributed by atoms with Crippen LogP contribution in [0, 0.1) is 5.92 Å². The first-order valence-electron chi connectivity index (χ1n) is 9.69. The number of para-hydroxylation sites is 1. The largest absolute Gasteiger partial charge is 0.416 e. The molecule has 1 saturated carbocycles. The van der Waals surface area contributed by atoms with Crippen LogP contribution in [0.1, 0.15) is 29.9 Å². The molecule has 1 heterocycles. The summed E-state index contributed by atoms with van der Waals surface area (Å²) in [6.07, 6.45) is -3.66. The highest BCUT2D eigenvalue weighted by atomic mass is 35.5. The second-order valence-electron chi connectivity index (χ2n) is 7.73. The van der Waals surface area contributed by atoms with Gasteiger partial charge in [-0.25, -0.2) is 0 Å². The van der Waals surface area contributed by atoms with E-state index < -0.39 is 29.6 Å². The zero-order chi connectivity index (χ0) is 21.6. The zero-order valence-corrected chi connectivity index (χ0v) is 17.0. The predicted molar refractivity (Wildman–Crippen MR) is 107 cm³/mol. The Labute approximate surface area is 177 Å². The molecule has 0 bridgehead atoms. The van der Waals surface area contributed by atoms with Gasteiger partial charge in [0, 0.05) is 19.5 Å². The summed E-state index contributed by atoms with van der Waals surface area (Å²) in [7, 11) is 1.55. The molecule has 2 fully saturated rings. The van der Waals surface area contributed by atoms with Gasteiger partial charge in [-0.3, -0.25) is 9.59 Å². The van der Waals surface area contributed by atoms with Gasteiger partial charge >= 0.3 is 6.18 Å². The number of anilines is 1. The lowest BCUT2D eigenvalue weighted by atomic mass is 10.0. The topological polar surface area (TPSA) is 40.6 Å².